The fraction of sp³-hybridized carbons (Fsp3) is 0.211. The zero-order chi connectivity index (χ0) is 15.2. The molecule has 0 N–H and O–H groups in total. The molecule has 0 spiro atoms. The van der Waals surface area contributed by atoms with Gasteiger partial charge in [-0.15, -0.1) is 0 Å². The highest BCUT2D eigenvalue weighted by Gasteiger charge is 2.10. The van der Waals surface area contributed by atoms with Crippen LogP contribution in [0.2, 0.25) is 0 Å². The number of ketones is 1. The van der Waals surface area contributed by atoms with E-state index in [1.807, 2.05) is 42.5 Å². The number of carbonyl (C=O) groups excluding carboxylic acids is 1. The van der Waals surface area contributed by atoms with Crippen LogP contribution in [0.5, 0.6) is 11.5 Å². The van der Waals surface area contributed by atoms with E-state index in [4.69, 9.17) is 9.47 Å². The van der Waals surface area contributed by atoms with Crippen LogP contribution in [-0.4, -0.2) is 19.0 Å². The molecular weight excluding hydrogens is 276 g/mol. The van der Waals surface area contributed by atoms with E-state index >= 15 is 0 Å². The summed E-state index contributed by atoms with van der Waals surface area (Å²) in [6, 6.07) is 15.1. The number of benzene rings is 2. The molecule has 0 aliphatic carbocycles. The molecular formula is C19H18O3. The molecule has 2 aromatic carbocycles. The number of ether oxygens (including phenoxy) is 2. The van der Waals surface area contributed by atoms with Crippen LogP contribution in [-0.2, 0) is 0 Å². The van der Waals surface area contributed by atoms with Crippen LogP contribution >= 0.6 is 0 Å². The van der Waals surface area contributed by atoms with Gasteiger partial charge in [0, 0.05) is 5.56 Å². The van der Waals surface area contributed by atoms with Crippen LogP contribution in [0.25, 0.3) is 6.08 Å². The van der Waals surface area contributed by atoms with Gasteiger partial charge in [0.15, 0.2) is 5.78 Å². The Kier molecular flexibility index (Phi) is 4.54. The summed E-state index contributed by atoms with van der Waals surface area (Å²) in [6.07, 6.45) is 5.17. The number of para-hydroxylation sites is 2. The summed E-state index contributed by atoms with van der Waals surface area (Å²) in [5.41, 5.74) is 1.50. The summed E-state index contributed by atoms with van der Waals surface area (Å²) in [4.78, 5) is 12.4. The number of hydrogen-bond acceptors (Lipinski definition) is 3. The van der Waals surface area contributed by atoms with E-state index in [0.29, 0.717) is 24.5 Å². The highest BCUT2D eigenvalue weighted by Crippen LogP contribution is 2.23. The van der Waals surface area contributed by atoms with Crippen molar-refractivity contribution in [2.75, 3.05) is 13.2 Å². The Morgan fingerprint density at radius 3 is 2.18 bits per heavy atom. The molecule has 0 aromatic heterocycles. The first-order valence-electron chi connectivity index (χ1n) is 7.51. The van der Waals surface area contributed by atoms with Crippen molar-refractivity contribution in [3.63, 3.8) is 0 Å². The molecule has 0 atom stereocenters. The van der Waals surface area contributed by atoms with Crippen molar-refractivity contribution >= 4 is 11.9 Å². The predicted octanol–water partition coefficient (Wildman–Crippen LogP) is 4.13. The monoisotopic (exact) mass is 294 g/mol. The molecule has 22 heavy (non-hydrogen) atoms. The molecule has 0 bridgehead atoms. The largest absolute Gasteiger partial charge is 0.493 e. The Hall–Kier alpha value is -2.55. The molecule has 1 heterocycles. The van der Waals surface area contributed by atoms with E-state index in [9.17, 15) is 4.79 Å². The maximum absolute atomic E-state index is 12.4. The summed E-state index contributed by atoms with van der Waals surface area (Å²) in [7, 11) is 0. The van der Waals surface area contributed by atoms with Crippen LogP contribution in [0.1, 0.15) is 28.8 Å². The lowest BCUT2D eigenvalue weighted by Gasteiger charge is -2.10. The van der Waals surface area contributed by atoms with Gasteiger partial charge >= 0.3 is 0 Å². The first kappa shape index (κ1) is 14.4. The first-order chi connectivity index (χ1) is 10.8. The van der Waals surface area contributed by atoms with Crippen LogP contribution < -0.4 is 9.47 Å². The van der Waals surface area contributed by atoms with Gasteiger partial charge in [-0.2, -0.15) is 0 Å². The van der Waals surface area contributed by atoms with Crippen molar-refractivity contribution in [1.82, 2.24) is 0 Å². The normalized spacial score (nSPS) is 16.6. The third-order valence-electron chi connectivity index (χ3n) is 3.54. The molecule has 112 valence electrons. The first-order valence-corrected chi connectivity index (χ1v) is 7.51. The maximum atomic E-state index is 12.4. The summed E-state index contributed by atoms with van der Waals surface area (Å²) in [6.45, 7) is 1.23. The van der Waals surface area contributed by atoms with Crippen molar-refractivity contribution in [2.45, 2.75) is 12.8 Å². The average molecular weight is 294 g/mol. The number of carbonyl (C=O) groups is 1. The van der Waals surface area contributed by atoms with Crippen LogP contribution in [0.15, 0.2) is 54.6 Å². The summed E-state index contributed by atoms with van der Waals surface area (Å²) in [5, 5.41) is 0. The van der Waals surface area contributed by atoms with E-state index in [-0.39, 0.29) is 5.78 Å². The zero-order valence-corrected chi connectivity index (χ0v) is 12.3. The van der Waals surface area contributed by atoms with Gasteiger partial charge in [-0.05, 0) is 43.2 Å². The lowest BCUT2D eigenvalue weighted by Crippen LogP contribution is -2.05. The fourth-order valence-corrected chi connectivity index (χ4v) is 2.37. The van der Waals surface area contributed by atoms with Crippen molar-refractivity contribution in [3.8, 4) is 11.5 Å². The predicted molar refractivity (Wildman–Crippen MR) is 86.5 cm³/mol. The topological polar surface area (TPSA) is 35.5 Å². The number of allylic oxidation sites excluding steroid dienone is 1. The van der Waals surface area contributed by atoms with Gasteiger partial charge in [0.05, 0.1) is 18.8 Å². The molecule has 3 nitrogen and oxygen atoms in total. The number of rotatable bonds is 0. The zero-order valence-electron chi connectivity index (χ0n) is 12.3. The Balaban J connectivity index is 1.95. The fourth-order valence-electron chi connectivity index (χ4n) is 2.37. The van der Waals surface area contributed by atoms with Gasteiger partial charge in [0.1, 0.15) is 11.5 Å². The van der Waals surface area contributed by atoms with Gasteiger partial charge in [-0.1, -0.05) is 30.3 Å². The van der Waals surface area contributed by atoms with Crippen LogP contribution in [0.4, 0.5) is 0 Å². The van der Waals surface area contributed by atoms with E-state index < -0.39 is 0 Å². The molecule has 3 heteroatoms. The second kappa shape index (κ2) is 6.94. The summed E-state index contributed by atoms with van der Waals surface area (Å²) < 4.78 is 11.5. The van der Waals surface area contributed by atoms with Gasteiger partial charge in [0.25, 0.3) is 0 Å². The molecule has 0 amide bonds. The third-order valence-corrected chi connectivity index (χ3v) is 3.54. The Morgan fingerprint density at radius 2 is 1.36 bits per heavy atom. The summed E-state index contributed by atoms with van der Waals surface area (Å²) >= 11 is 0. The lowest BCUT2D eigenvalue weighted by molar-refractivity contribution is 0.104. The minimum Gasteiger partial charge on any atom is -0.493 e. The highest BCUT2D eigenvalue weighted by atomic mass is 16.5. The third kappa shape index (κ3) is 3.37. The van der Waals surface area contributed by atoms with Gasteiger partial charge in [0.2, 0.25) is 0 Å². The molecule has 0 saturated heterocycles. The van der Waals surface area contributed by atoms with E-state index in [1.54, 1.807) is 18.2 Å². The highest BCUT2D eigenvalue weighted by molar-refractivity contribution is 6.08. The van der Waals surface area contributed by atoms with E-state index in [2.05, 4.69) is 0 Å². The second-order valence-corrected chi connectivity index (χ2v) is 5.14. The second-order valence-electron chi connectivity index (χ2n) is 5.14. The van der Waals surface area contributed by atoms with Crippen molar-refractivity contribution in [1.29, 1.82) is 0 Å². The molecule has 0 unspecified atom stereocenters. The van der Waals surface area contributed by atoms with E-state index in [0.717, 1.165) is 24.2 Å². The van der Waals surface area contributed by atoms with Crippen LogP contribution in [0.3, 0.4) is 0 Å². The lowest BCUT2D eigenvalue weighted by atomic mass is 10.1. The Bertz CT molecular complexity index is 689. The molecule has 0 saturated carbocycles. The molecule has 0 radical (unpaired) electrons. The van der Waals surface area contributed by atoms with Crippen molar-refractivity contribution in [3.05, 3.63) is 65.7 Å². The van der Waals surface area contributed by atoms with Gasteiger partial charge in [-0.3, -0.25) is 4.79 Å². The van der Waals surface area contributed by atoms with Gasteiger partial charge in [-0.25, -0.2) is 0 Å². The SMILES string of the molecule is O=C1/C=C\c2ccccc2OCCCCOc2ccccc21. The molecule has 1 aliphatic heterocycles. The summed E-state index contributed by atoms with van der Waals surface area (Å²) in [5.74, 6) is 1.38. The minimum absolute atomic E-state index is 0.0651. The Morgan fingerprint density at radius 1 is 0.727 bits per heavy atom. The number of hydrogen-bond donors (Lipinski definition) is 0. The maximum Gasteiger partial charge on any atom is 0.189 e. The number of fused-ring (bicyclic) bond motifs is 2. The average Bonchev–Trinajstić information content (AvgIpc) is 2.57. The Labute approximate surface area is 130 Å². The van der Waals surface area contributed by atoms with Crippen LogP contribution in [0, 0.1) is 0 Å². The van der Waals surface area contributed by atoms with E-state index in [1.165, 1.54) is 0 Å². The minimum atomic E-state index is -0.0651. The molecule has 2 aromatic rings. The quantitative estimate of drug-likeness (QED) is 0.732. The van der Waals surface area contributed by atoms with Crippen molar-refractivity contribution in [2.24, 2.45) is 0 Å². The standard InChI is InChI=1S/C19H18O3/c20-17-12-11-15-7-1-3-9-18(15)21-13-5-6-14-22-19-10-4-2-8-16(17)19/h1-4,7-12H,5-6,13-14H2/b12-11-. The molecule has 3 rings (SSSR count). The smallest absolute Gasteiger partial charge is 0.189 e. The molecule has 0 fully saturated rings. The van der Waals surface area contributed by atoms with Crippen molar-refractivity contribution < 1.29 is 14.3 Å². The molecule has 1 aliphatic rings. The van der Waals surface area contributed by atoms with Gasteiger partial charge < -0.3 is 9.47 Å².